The van der Waals surface area contributed by atoms with Gasteiger partial charge in [0.25, 0.3) is 0 Å². The standard InChI is InChI=1S/C18H22O6/c1-17(7-21-8-17)11-23-15(19)13-3-5-14(6-4-13)16(20)24-12-18(2)9-22-10-18/h3-6H,7-12H2,1-2H3. The molecule has 0 aromatic heterocycles. The van der Waals surface area contributed by atoms with E-state index in [0.29, 0.717) is 50.8 Å². The zero-order valence-electron chi connectivity index (χ0n) is 14.0. The van der Waals surface area contributed by atoms with E-state index < -0.39 is 11.9 Å². The molecule has 2 heterocycles. The Labute approximate surface area is 141 Å². The summed E-state index contributed by atoms with van der Waals surface area (Å²) in [6, 6.07) is 6.30. The summed E-state index contributed by atoms with van der Waals surface area (Å²) in [6.07, 6.45) is 0. The fourth-order valence-corrected chi connectivity index (χ4v) is 2.46. The van der Waals surface area contributed by atoms with Crippen molar-refractivity contribution in [2.75, 3.05) is 39.6 Å². The van der Waals surface area contributed by atoms with E-state index in [1.807, 2.05) is 13.8 Å². The smallest absolute Gasteiger partial charge is 0.338 e. The number of benzene rings is 1. The maximum atomic E-state index is 12.0. The van der Waals surface area contributed by atoms with E-state index in [-0.39, 0.29) is 10.8 Å². The van der Waals surface area contributed by atoms with Gasteiger partial charge in [0, 0.05) is 10.8 Å². The third-order valence-electron chi connectivity index (χ3n) is 4.26. The molecule has 2 saturated heterocycles. The molecule has 2 aliphatic rings. The van der Waals surface area contributed by atoms with Crippen LogP contribution in [0.2, 0.25) is 0 Å². The normalized spacial score (nSPS) is 20.4. The maximum Gasteiger partial charge on any atom is 0.338 e. The molecule has 0 unspecified atom stereocenters. The molecule has 0 radical (unpaired) electrons. The average molecular weight is 334 g/mol. The van der Waals surface area contributed by atoms with Gasteiger partial charge in [-0.25, -0.2) is 9.59 Å². The van der Waals surface area contributed by atoms with Gasteiger partial charge in [-0.3, -0.25) is 0 Å². The highest BCUT2D eigenvalue weighted by molar-refractivity contribution is 5.93. The summed E-state index contributed by atoms with van der Waals surface area (Å²) in [5, 5.41) is 0. The predicted molar refractivity (Wildman–Crippen MR) is 84.9 cm³/mol. The highest BCUT2D eigenvalue weighted by atomic mass is 16.6. The van der Waals surface area contributed by atoms with Gasteiger partial charge in [0.1, 0.15) is 13.2 Å². The molecule has 0 saturated carbocycles. The summed E-state index contributed by atoms with van der Waals surface area (Å²) in [5.41, 5.74) is 0.658. The first-order valence-corrected chi connectivity index (χ1v) is 7.99. The van der Waals surface area contributed by atoms with Crippen molar-refractivity contribution in [1.82, 2.24) is 0 Å². The van der Waals surface area contributed by atoms with Gasteiger partial charge in [0.2, 0.25) is 0 Å². The van der Waals surface area contributed by atoms with Gasteiger partial charge < -0.3 is 18.9 Å². The molecule has 2 fully saturated rings. The summed E-state index contributed by atoms with van der Waals surface area (Å²) in [7, 11) is 0. The number of carbonyl (C=O) groups excluding carboxylic acids is 2. The molecule has 6 nitrogen and oxygen atoms in total. The van der Waals surface area contributed by atoms with E-state index >= 15 is 0 Å². The molecular weight excluding hydrogens is 312 g/mol. The third kappa shape index (κ3) is 3.76. The van der Waals surface area contributed by atoms with E-state index in [9.17, 15) is 9.59 Å². The second-order valence-corrected chi connectivity index (χ2v) is 7.34. The highest BCUT2D eigenvalue weighted by Gasteiger charge is 2.35. The Morgan fingerprint density at radius 2 is 1.17 bits per heavy atom. The second-order valence-electron chi connectivity index (χ2n) is 7.34. The topological polar surface area (TPSA) is 71.1 Å². The molecule has 130 valence electrons. The Morgan fingerprint density at radius 1 is 0.833 bits per heavy atom. The average Bonchev–Trinajstić information content (AvgIpc) is 2.54. The number of carbonyl (C=O) groups is 2. The van der Waals surface area contributed by atoms with E-state index in [4.69, 9.17) is 18.9 Å². The predicted octanol–water partition coefficient (Wildman–Crippen LogP) is 2.07. The van der Waals surface area contributed by atoms with Gasteiger partial charge in [0.05, 0.1) is 37.6 Å². The lowest BCUT2D eigenvalue weighted by atomic mass is 9.90. The van der Waals surface area contributed by atoms with Crippen LogP contribution in [0.1, 0.15) is 34.6 Å². The molecule has 0 N–H and O–H groups in total. The summed E-state index contributed by atoms with van der Waals surface area (Å²) >= 11 is 0. The molecule has 0 bridgehead atoms. The fraction of sp³-hybridized carbons (Fsp3) is 0.556. The second kappa shape index (κ2) is 6.53. The molecule has 6 heteroatoms. The first-order valence-electron chi connectivity index (χ1n) is 7.99. The Kier molecular flexibility index (Phi) is 4.60. The lowest BCUT2D eigenvalue weighted by molar-refractivity contribution is -0.127. The summed E-state index contributed by atoms with van der Waals surface area (Å²) in [6.45, 7) is 7.10. The molecule has 0 amide bonds. The van der Waals surface area contributed by atoms with Crippen LogP contribution >= 0.6 is 0 Å². The van der Waals surface area contributed by atoms with Gasteiger partial charge in [-0.2, -0.15) is 0 Å². The Bertz CT molecular complexity index is 558. The lowest BCUT2D eigenvalue weighted by Crippen LogP contribution is -2.44. The molecule has 0 spiro atoms. The van der Waals surface area contributed by atoms with Gasteiger partial charge in [-0.15, -0.1) is 0 Å². The quantitative estimate of drug-likeness (QED) is 0.742. The largest absolute Gasteiger partial charge is 0.461 e. The van der Waals surface area contributed by atoms with Crippen molar-refractivity contribution < 1.29 is 28.5 Å². The molecule has 1 aromatic rings. The van der Waals surface area contributed by atoms with E-state index in [1.165, 1.54) is 0 Å². The number of ether oxygens (including phenoxy) is 4. The minimum Gasteiger partial charge on any atom is -0.461 e. The third-order valence-corrected chi connectivity index (χ3v) is 4.26. The van der Waals surface area contributed by atoms with Crippen molar-refractivity contribution in [3.8, 4) is 0 Å². The number of esters is 2. The van der Waals surface area contributed by atoms with Crippen LogP contribution in [0.3, 0.4) is 0 Å². The van der Waals surface area contributed by atoms with Gasteiger partial charge in [-0.1, -0.05) is 13.8 Å². The molecule has 24 heavy (non-hydrogen) atoms. The van der Waals surface area contributed by atoms with Crippen LogP contribution in [0.5, 0.6) is 0 Å². The van der Waals surface area contributed by atoms with Crippen LogP contribution < -0.4 is 0 Å². The Hall–Kier alpha value is -1.92. The van der Waals surface area contributed by atoms with Crippen LogP contribution in [0.4, 0.5) is 0 Å². The van der Waals surface area contributed by atoms with E-state index in [0.717, 1.165) is 0 Å². The fourth-order valence-electron chi connectivity index (χ4n) is 2.46. The summed E-state index contributed by atoms with van der Waals surface area (Å²) in [4.78, 5) is 24.0. The molecule has 3 rings (SSSR count). The van der Waals surface area contributed by atoms with Gasteiger partial charge in [0.15, 0.2) is 0 Å². The van der Waals surface area contributed by atoms with E-state index in [2.05, 4.69) is 0 Å². The molecule has 0 aliphatic carbocycles. The Morgan fingerprint density at radius 3 is 1.42 bits per heavy atom. The monoisotopic (exact) mass is 334 g/mol. The van der Waals surface area contributed by atoms with E-state index in [1.54, 1.807) is 24.3 Å². The van der Waals surface area contributed by atoms with Crippen LogP contribution in [-0.4, -0.2) is 51.6 Å². The number of hydrogen-bond donors (Lipinski definition) is 0. The zero-order valence-corrected chi connectivity index (χ0v) is 14.0. The van der Waals surface area contributed by atoms with Crippen LogP contribution in [0.25, 0.3) is 0 Å². The van der Waals surface area contributed by atoms with Crippen molar-refractivity contribution in [3.63, 3.8) is 0 Å². The maximum absolute atomic E-state index is 12.0. The SMILES string of the molecule is CC1(COC(=O)c2ccc(C(=O)OCC3(C)COC3)cc2)COC1. The van der Waals surface area contributed by atoms with Crippen molar-refractivity contribution in [2.45, 2.75) is 13.8 Å². The van der Waals surface area contributed by atoms with Gasteiger partial charge >= 0.3 is 11.9 Å². The van der Waals surface area contributed by atoms with Crippen molar-refractivity contribution >= 4 is 11.9 Å². The van der Waals surface area contributed by atoms with Crippen molar-refractivity contribution in [2.24, 2.45) is 10.8 Å². The molecule has 0 atom stereocenters. The van der Waals surface area contributed by atoms with Crippen LogP contribution in [0, 0.1) is 10.8 Å². The minimum absolute atomic E-state index is 0.0826. The molecule has 2 aliphatic heterocycles. The van der Waals surface area contributed by atoms with Crippen LogP contribution in [0.15, 0.2) is 24.3 Å². The summed E-state index contributed by atoms with van der Waals surface area (Å²) < 4.78 is 20.9. The van der Waals surface area contributed by atoms with Crippen molar-refractivity contribution in [3.05, 3.63) is 35.4 Å². The number of rotatable bonds is 6. The van der Waals surface area contributed by atoms with Gasteiger partial charge in [-0.05, 0) is 24.3 Å². The number of hydrogen-bond acceptors (Lipinski definition) is 6. The molecule has 1 aromatic carbocycles. The zero-order chi connectivity index (χ0) is 17.2. The minimum atomic E-state index is -0.401. The first kappa shape index (κ1) is 16.9. The lowest BCUT2D eigenvalue weighted by Gasteiger charge is -2.37. The first-order chi connectivity index (χ1) is 11.4. The summed E-state index contributed by atoms with van der Waals surface area (Å²) in [5.74, 6) is -0.802. The molecular formula is C18H22O6. The highest BCUT2D eigenvalue weighted by Crippen LogP contribution is 2.28. The Balaban J connectivity index is 1.50. The van der Waals surface area contributed by atoms with Crippen molar-refractivity contribution in [1.29, 1.82) is 0 Å². The van der Waals surface area contributed by atoms with Crippen LogP contribution in [-0.2, 0) is 18.9 Å².